The fourth-order valence-corrected chi connectivity index (χ4v) is 5.78. The summed E-state index contributed by atoms with van der Waals surface area (Å²) in [5.41, 5.74) is 1.69. The van der Waals surface area contributed by atoms with Crippen LogP contribution in [0.4, 0.5) is 8.78 Å². The van der Waals surface area contributed by atoms with Gasteiger partial charge in [-0.25, -0.2) is 8.78 Å². The fourth-order valence-electron chi connectivity index (χ4n) is 5.78. The monoisotopic (exact) mass is 402 g/mol. The molecule has 0 saturated heterocycles. The van der Waals surface area contributed by atoms with Crippen molar-refractivity contribution in [2.45, 2.75) is 103 Å². The van der Waals surface area contributed by atoms with Crippen molar-refractivity contribution < 1.29 is 8.78 Å². The summed E-state index contributed by atoms with van der Waals surface area (Å²) in [6.07, 6.45) is 15.5. The maximum absolute atomic E-state index is 14.3. The molecule has 1 aromatic rings. The van der Waals surface area contributed by atoms with Crippen LogP contribution >= 0.6 is 0 Å². The fraction of sp³-hybridized carbons (Fsp3) is 0.704. The van der Waals surface area contributed by atoms with Gasteiger partial charge in [-0.3, -0.25) is 0 Å². The molecule has 2 heteroatoms. The van der Waals surface area contributed by atoms with Crippen LogP contribution in [0.25, 0.3) is 5.83 Å². The molecule has 0 N–H and O–H groups in total. The average molecular weight is 403 g/mol. The summed E-state index contributed by atoms with van der Waals surface area (Å²) < 4.78 is 28.2. The molecule has 0 atom stereocenters. The Kier molecular flexibility index (Phi) is 8.75. The minimum Gasteiger partial charge on any atom is -0.209 e. The lowest BCUT2D eigenvalue weighted by Crippen LogP contribution is -2.25. The number of unbranched alkanes of at least 4 members (excludes halogenated alkanes) is 1. The molecule has 0 amide bonds. The predicted octanol–water partition coefficient (Wildman–Crippen LogP) is 9.36. The third-order valence-electron chi connectivity index (χ3n) is 7.65. The Morgan fingerprint density at radius 1 is 0.793 bits per heavy atom. The van der Waals surface area contributed by atoms with Gasteiger partial charge in [0.05, 0.1) is 0 Å². The van der Waals surface area contributed by atoms with E-state index >= 15 is 0 Å². The summed E-state index contributed by atoms with van der Waals surface area (Å²) >= 11 is 0. The van der Waals surface area contributed by atoms with Gasteiger partial charge in [0.15, 0.2) is 5.83 Å². The largest absolute Gasteiger partial charge is 0.209 e. The summed E-state index contributed by atoms with van der Waals surface area (Å²) in [5, 5.41) is 0. The van der Waals surface area contributed by atoms with Crippen LogP contribution in [0.1, 0.15) is 114 Å². The SMILES string of the molecule is CCCC/C(F)=C(\F)c1ccc(C2CCC([C@H]3CC[C@H](CCC)CC3)CC2)cc1. The highest BCUT2D eigenvalue weighted by Crippen LogP contribution is 2.44. The minimum atomic E-state index is -0.674. The third-order valence-corrected chi connectivity index (χ3v) is 7.65. The molecule has 162 valence electrons. The van der Waals surface area contributed by atoms with E-state index < -0.39 is 11.7 Å². The van der Waals surface area contributed by atoms with E-state index in [1.54, 1.807) is 12.1 Å². The molecule has 0 aliphatic heterocycles. The first-order valence-corrected chi connectivity index (χ1v) is 12.3. The van der Waals surface area contributed by atoms with Crippen molar-refractivity contribution in [3.63, 3.8) is 0 Å². The van der Waals surface area contributed by atoms with Crippen LogP contribution in [0, 0.1) is 17.8 Å². The number of hydrogen-bond donors (Lipinski definition) is 0. The summed E-state index contributed by atoms with van der Waals surface area (Å²) in [5.74, 6) is 2.18. The Hall–Kier alpha value is -1.18. The summed E-state index contributed by atoms with van der Waals surface area (Å²) in [4.78, 5) is 0. The van der Waals surface area contributed by atoms with Crippen LogP contribution in [0.2, 0.25) is 0 Å². The van der Waals surface area contributed by atoms with Crippen LogP contribution < -0.4 is 0 Å². The maximum atomic E-state index is 14.3. The maximum Gasteiger partial charge on any atom is 0.161 e. The zero-order valence-corrected chi connectivity index (χ0v) is 18.6. The van der Waals surface area contributed by atoms with E-state index in [1.807, 2.05) is 19.1 Å². The van der Waals surface area contributed by atoms with Crippen molar-refractivity contribution in [3.8, 4) is 0 Å². The van der Waals surface area contributed by atoms with E-state index in [0.717, 1.165) is 24.2 Å². The average Bonchev–Trinajstić information content (AvgIpc) is 2.78. The minimum absolute atomic E-state index is 0.203. The topological polar surface area (TPSA) is 0 Å². The van der Waals surface area contributed by atoms with Gasteiger partial charge in [0, 0.05) is 12.0 Å². The van der Waals surface area contributed by atoms with Crippen LogP contribution in [-0.2, 0) is 0 Å². The normalized spacial score (nSPS) is 28.8. The molecule has 3 rings (SSSR count). The highest BCUT2D eigenvalue weighted by molar-refractivity contribution is 5.61. The molecule has 0 nitrogen and oxygen atoms in total. The zero-order valence-electron chi connectivity index (χ0n) is 18.6. The van der Waals surface area contributed by atoms with Gasteiger partial charge < -0.3 is 0 Å². The second-order valence-electron chi connectivity index (χ2n) is 9.63. The van der Waals surface area contributed by atoms with Crippen molar-refractivity contribution in [2.24, 2.45) is 17.8 Å². The summed E-state index contributed by atoms with van der Waals surface area (Å²) in [7, 11) is 0. The van der Waals surface area contributed by atoms with Gasteiger partial charge in [0.1, 0.15) is 5.83 Å². The molecule has 0 unspecified atom stereocenters. The molecule has 2 fully saturated rings. The molecule has 0 bridgehead atoms. The molecule has 29 heavy (non-hydrogen) atoms. The lowest BCUT2D eigenvalue weighted by molar-refractivity contribution is 0.156. The Labute approximate surface area is 177 Å². The van der Waals surface area contributed by atoms with Gasteiger partial charge in [-0.1, -0.05) is 70.2 Å². The molecule has 0 aromatic heterocycles. The second-order valence-corrected chi connectivity index (χ2v) is 9.63. The van der Waals surface area contributed by atoms with Gasteiger partial charge in [0.2, 0.25) is 0 Å². The molecule has 2 aliphatic carbocycles. The Balaban J connectivity index is 1.50. The quantitative estimate of drug-likeness (QED) is 0.406. The second kappa shape index (κ2) is 11.3. The van der Waals surface area contributed by atoms with E-state index in [4.69, 9.17) is 0 Å². The molecular formula is C27H40F2. The number of halogens is 2. The molecule has 2 saturated carbocycles. The molecule has 0 spiro atoms. The Morgan fingerprint density at radius 3 is 1.93 bits per heavy atom. The van der Waals surface area contributed by atoms with Gasteiger partial charge in [0.25, 0.3) is 0 Å². The molecule has 2 aliphatic rings. The lowest BCUT2D eigenvalue weighted by Gasteiger charge is -2.38. The number of rotatable bonds is 8. The summed E-state index contributed by atoms with van der Waals surface area (Å²) in [6.45, 7) is 4.31. The van der Waals surface area contributed by atoms with Crippen molar-refractivity contribution in [1.29, 1.82) is 0 Å². The van der Waals surface area contributed by atoms with Gasteiger partial charge >= 0.3 is 0 Å². The van der Waals surface area contributed by atoms with Crippen molar-refractivity contribution in [2.75, 3.05) is 0 Å². The van der Waals surface area contributed by atoms with E-state index in [0.29, 0.717) is 17.9 Å². The molecule has 0 radical (unpaired) electrons. The predicted molar refractivity (Wildman–Crippen MR) is 120 cm³/mol. The van der Waals surface area contributed by atoms with Crippen LogP contribution in [0.15, 0.2) is 30.1 Å². The smallest absolute Gasteiger partial charge is 0.161 e. The number of allylic oxidation sites excluding steroid dienone is 1. The van der Waals surface area contributed by atoms with E-state index in [-0.39, 0.29) is 6.42 Å². The molecular weight excluding hydrogens is 362 g/mol. The number of hydrogen-bond acceptors (Lipinski definition) is 0. The first-order chi connectivity index (χ1) is 14.1. The van der Waals surface area contributed by atoms with Crippen LogP contribution in [-0.4, -0.2) is 0 Å². The molecule has 1 aromatic carbocycles. The van der Waals surface area contributed by atoms with Crippen molar-refractivity contribution in [3.05, 3.63) is 41.2 Å². The van der Waals surface area contributed by atoms with Crippen molar-refractivity contribution >= 4 is 5.83 Å². The van der Waals surface area contributed by atoms with Crippen LogP contribution in [0.5, 0.6) is 0 Å². The van der Waals surface area contributed by atoms with E-state index in [1.165, 1.54) is 69.8 Å². The first kappa shape index (κ1) is 22.5. The highest BCUT2D eigenvalue weighted by atomic mass is 19.2. The Bertz CT molecular complexity index is 629. The van der Waals surface area contributed by atoms with Gasteiger partial charge in [-0.15, -0.1) is 0 Å². The molecule has 0 heterocycles. The first-order valence-electron chi connectivity index (χ1n) is 12.3. The van der Waals surface area contributed by atoms with Gasteiger partial charge in [-0.05, 0) is 74.2 Å². The van der Waals surface area contributed by atoms with E-state index in [2.05, 4.69) is 6.92 Å². The van der Waals surface area contributed by atoms with Crippen molar-refractivity contribution in [1.82, 2.24) is 0 Å². The third kappa shape index (κ3) is 6.15. The summed E-state index contributed by atoms with van der Waals surface area (Å²) in [6, 6.07) is 7.61. The Morgan fingerprint density at radius 2 is 1.38 bits per heavy atom. The highest BCUT2D eigenvalue weighted by Gasteiger charge is 2.31. The van der Waals surface area contributed by atoms with Gasteiger partial charge in [-0.2, -0.15) is 0 Å². The standard InChI is InChI=1S/C27H40F2/c1-3-5-7-26(28)27(29)25-18-16-24(17-19-25)23-14-12-22(13-15-23)21-10-8-20(6-4-2)9-11-21/h16-23H,3-15H2,1-2H3/b27-26+/t20-,21-,22?,23?. The lowest BCUT2D eigenvalue weighted by atomic mass is 9.68. The zero-order chi connectivity index (χ0) is 20.6. The van der Waals surface area contributed by atoms with E-state index in [9.17, 15) is 8.78 Å². The number of benzene rings is 1. The van der Waals surface area contributed by atoms with Crippen LogP contribution in [0.3, 0.4) is 0 Å².